The van der Waals surface area contributed by atoms with E-state index in [9.17, 15) is 13.2 Å². The number of fused-ring (bicyclic) bond motifs is 2. The van der Waals surface area contributed by atoms with Crippen molar-refractivity contribution >= 4 is 55.0 Å². The van der Waals surface area contributed by atoms with Crippen LogP contribution >= 0.6 is 11.5 Å². The summed E-state index contributed by atoms with van der Waals surface area (Å²) in [6.45, 7) is 0. The van der Waals surface area contributed by atoms with Gasteiger partial charge in [0.1, 0.15) is 5.65 Å². The van der Waals surface area contributed by atoms with Crippen molar-refractivity contribution in [2.45, 2.75) is 0 Å². The molecule has 0 aliphatic rings. The van der Waals surface area contributed by atoms with Crippen molar-refractivity contribution in [2.75, 3.05) is 11.0 Å². The van der Waals surface area contributed by atoms with Crippen molar-refractivity contribution < 1.29 is 13.2 Å². The van der Waals surface area contributed by atoms with Gasteiger partial charge in [0.25, 0.3) is 0 Å². The predicted molar refractivity (Wildman–Crippen MR) is 123 cm³/mol. The first-order valence-electron chi connectivity index (χ1n) is 9.31. The second-order valence-corrected chi connectivity index (χ2v) is 9.57. The number of benzene rings is 2. The Labute approximate surface area is 182 Å². The highest BCUT2D eigenvalue weighted by Crippen LogP contribution is 2.28. The lowest BCUT2D eigenvalue weighted by Gasteiger charge is -2.07. The maximum absolute atomic E-state index is 13.2. The molecule has 7 nitrogen and oxygen atoms in total. The van der Waals surface area contributed by atoms with E-state index in [2.05, 4.69) is 19.1 Å². The first-order valence-corrected chi connectivity index (χ1v) is 12.0. The molecule has 0 aliphatic carbocycles. The van der Waals surface area contributed by atoms with Gasteiger partial charge in [-0.05, 0) is 41.4 Å². The first-order chi connectivity index (χ1) is 14.9. The molecule has 0 bridgehead atoms. The lowest BCUT2D eigenvalue weighted by Crippen LogP contribution is -2.09. The number of hydrogen-bond acceptors (Lipinski definition) is 6. The summed E-state index contributed by atoms with van der Waals surface area (Å²) in [5, 5.41) is 3.65. The summed E-state index contributed by atoms with van der Waals surface area (Å²) in [6, 6.07) is 14.4. The van der Waals surface area contributed by atoms with Crippen molar-refractivity contribution in [3.8, 4) is 11.1 Å². The number of sulfonamides is 1. The maximum Gasteiger partial charge on any atom is 0.229 e. The van der Waals surface area contributed by atoms with Crippen LogP contribution in [-0.2, 0) is 10.0 Å². The molecule has 0 aliphatic heterocycles. The summed E-state index contributed by atoms with van der Waals surface area (Å²) in [7, 11) is -3.38. The summed E-state index contributed by atoms with van der Waals surface area (Å²) in [5.74, 6) is -0.118. The number of ketones is 1. The van der Waals surface area contributed by atoms with Crippen LogP contribution in [-0.4, -0.2) is 34.8 Å². The number of anilines is 1. The molecule has 3 aromatic heterocycles. The van der Waals surface area contributed by atoms with Crippen LogP contribution in [0.4, 0.5) is 5.69 Å². The fourth-order valence-corrected chi connectivity index (χ4v) is 4.68. The summed E-state index contributed by atoms with van der Waals surface area (Å²) >= 11 is 1.36. The van der Waals surface area contributed by atoms with Crippen LogP contribution in [0.15, 0.2) is 66.3 Å². The van der Waals surface area contributed by atoms with Gasteiger partial charge < -0.3 is 4.98 Å². The van der Waals surface area contributed by atoms with Gasteiger partial charge in [-0.15, -0.1) is 0 Å². The molecular formula is C22H16N4O3S2. The van der Waals surface area contributed by atoms with Crippen LogP contribution in [0.3, 0.4) is 0 Å². The molecule has 0 atom stereocenters. The Bertz CT molecular complexity index is 1570. The van der Waals surface area contributed by atoms with Crippen LogP contribution in [0.1, 0.15) is 15.9 Å². The molecule has 0 radical (unpaired) electrons. The van der Waals surface area contributed by atoms with E-state index in [0.717, 1.165) is 28.3 Å². The van der Waals surface area contributed by atoms with E-state index < -0.39 is 10.0 Å². The number of rotatable bonds is 5. The summed E-state index contributed by atoms with van der Waals surface area (Å²) in [4.78, 5) is 20.7. The Balaban J connectivity index is 1.56. The topological polar surface area (TPSA) is 105 Å². The lowest BCUT2D eigenvalue weighted by atomic mass is 10.0. The molecule has 5 rings (SSSR count). The average molecular weight is 449 g/mol. The number of hydrogen-bond donors (Lipinski definition) is 2. The second kappa shape index (κ2) is 7.29. The number of pyridine rings is 1. The lowest BCUT2D eigenvalue weighted by molar-refractivity contribution is 0.104. The van der Waals surface area contributed by atoms with E-state index in [1.807, 2.05) is 23.6 Å². The number of carbonyl (C=O) groups is 1. The number of nitrogens with zero attached hydrogens (tertiary/aromatic N) is 2. The van der Waals surface area contributed by atoms with Crippen LogP contribution in [0.5, 0.6) is 0 Å². The molecule has 0 spiro atoms. The normalized spacial score (nSPS) is 11.8. The van der Waals surface area contributed by atoms with Gasteiger partial charge in [-0.2, -0.15) is 4.37 Å². The van der Waals surface area contributed by atoms with Gasteiger partial charge in [0.2, 0.25) is 10.0 Å². The zero-order valence-corrected chi connectivity index (χ0v) is 17.9. The monoisotopic (exact) mass is 448 g/mol. The van der Waals surface area contributed by atoms with Gasteiger partial charge in [-0.3, -0.25) is 9.52 Å². The van der Waals surface area contributed by atoms with Crippen LogP contribution in [0.25, 0.3) is 33.1 Å². The summed E-state index contributed by atoms with van der Waals surface area (Å²) in [6.07, 6.45) is 4.46. The largest absolute Gasteiger partial charge is 0.345 e. The molecule has 31 heavy (non-hydrogen) atoms. The van der Waals surface area contributed by atoms with Crippen molar-refractivity contribution in [1.29, 1.82) is 0 Å². The zero-order chi connectivity index (χ0) is 21.6. The Morgan fingerprint density at radius 1 is 1.10 bits per heavy atom. The molecule has 5 aromatic rings. The van der Waals surface area contributed by atoms with Crippen LogP contribution < -0.4 is 4.72 Å². The third-order valence-corrected chi connectivity index (χ3v) is 6.17. The van der Waals surface area contributed by atoms with Gasteiger partial charge in [0.15, 0.2) is 5.78 Å². The highest BCUT2D eigenvalue weighted by molar-refractivity contribution is 7.92. The maximum atomic E-state index is 13.2. The fourth-order valence-electron chi connectivity index (χ4n) is 3.48. The first kappa shape index (κ1) is 19.4. The highest BCUT2D eigenvalue weighted by atomic mass is 32.2. The SMILES string of the molecule is CS(=O)(=O)Nc1cccc(-c2cnc3[nH]cc(C(=O)c4ccc5csnc5c4)c3c2)c1. The minimum absolute atomic E-state index is 0.118. The molecular weight excluding hydrogens is 432 g/mol. The Morgan fingerprint density at radius 3 is 2.81 bits per heavy atom. The predicted octanol–water partition coefficient (Wildman–Crippen LogP) is 4.44. The zero-order valence-electron chi connectivity index (χ0n) is 16.3. The minimum atomic E-state index is -3.38. The Hall–Kier alpha value is -3.56. The molecule has 0 fully saturated rings. The second-order valence-electron chi connectivity index (χ2n) is 7.19. The Morgan fingerprint density at radius 2 is 1.97 bits per heavy atom. The van der Waals surface area contributed by atoms with E-state index in [1.165, 1.54) is 11.5 Å². The molecule has 0 unspecified atom stereocenters. The molecule has 9 heteroatoms. The van der Waals surface area contributed by atoms with E-state index in [0.29, 0.717) is 27.8 Å². The number of nitrogens with one attached hydrogen (secondary N) is 2. The van der Waals surface area contributed by atoms with Crippen molar-refractivity contribution in [3.05, 3.63) is 77.4 Å². The minimum Gasteiger partial charge on any atom is -0.345 e. The highest BCUT2D eigenvalue weighted by Gasteiger charge is 2.17. The van der Waals surface area contributed by atoms with Gasteiger partial charge in [0, 0.05) is 50.9 Å². The molecule has 154 valence electrons. The number of carbonyl (C=O) groups excluding carboxylic acids is 1. The van der Waals surface area contributed by atoms with Crippen LogP contribution in [0.2, 0.25) is 0 Å². The molecule has 0 saturated heterocycles. The summed E-state index contributed by atoms with van der Waals surface area (Å²) in [5.41, 5.74) is 4.49. The Kier molecular flexibility index (Phi) is 4.57. The van der Waals surface area contributed by atoms with Gasteiger partial charge >= 0.3 is 0 Å². The third kappa shape index (κ3) is 3.80. The van der Waals surface area contributed by atoms with Crippen molar-refractivity contribution in [1.82, 2.24) is 14.3 Å². The van der Waals surface area contributed by atoms with Gasteiger partial charge in [-0.25, -0.2) is 13.4 Å². The average Bonchev–Trinajstić information content (AvgIpc) is 3.38. The van der Waals surface area contributed by atoms with Crippen molar-refractivity contribution in [3.63, 3.8) is 0 Å². The van der Waals surface area contributed by atoms with Crippen molar-refractivity contribution in [2.24, 2.45) is 0 Å². The van der Waals surface area contributed by atoms with E-state index in [1.54, 1.807) is 42.7 Å². The molecule has 2 aromatic carbocycles. The summed E-state index contributed by atoms with van der Waals surface area (Å²) < 4.78 is 29.9. The fraction of sp³-hybridized carbons (Fsp3) is 0.0455. The van der Waals surface area contributed by atoms with E-state index in [-0.39, 0.29) is 5.78 Å². The number of aromatic amines is 1. The number of aromatic nitrogens is 3. The molecule has 3 heterocycles. The number of H-pyrrole nitrogens is 1. The quantitative estimate of drug-likeness (QED) is 0.387. The van der Waals surface area contributed by atoms with Gasteiger partial charge in [0.05, 0.1) is 11.8 Å². The van der Waals surface area contributed by atoms with E-state index >= 15 is 0 Å². The molecule has 0 saturated carbocycles. The standard InChI is InChI=1S/C22H16N4O3S2/c1-31(28,29)26-17-4-2-3-13(7-17)16-8-18-19(11-24-22(18)23-10-16)21(27)14-5-6-15-12-30-25-20(15)9-14/h2-12,26H,1H3,(H,23,24). The third-order valence-electron chi connectivity index (χ3n) is 4.90. The molecule has 0 amide bonds. The van der Waals surface area contributed by atoms with Crippen LogP contribution in [0, 0.1) is 0 Å². The smallest absolute Gasteiger partial charge is 0.229 e. The molecule has 2 N–H and O–H groups in total. The van der Waals surface area contributed by atoms with E-state index in [4.69, 9.17) is 0 Å². The van der Waals surface area contributed by atoms with Gasteiger partial charge in [-0.1, -0.05) is 24.3 Å².